The van der Waals surface area contributed by atoms with Gasteiger partial charge in [0, 0.05) is 12.8 Å². The standard InChI is InChI=1S/C14H17NO3/c1-9-6-10(4-5-11(9)16)15-12(17)7-14(2,3)8-13(15)18/h4-6,16H,7-8H2,1-3H3. The van der Waals surface area contributed by atoms with Crippen LogP contribution >= 0.6 is 0 Å². The van der Waals surface area contributed by atoms with Gasteiger partial charge in [-0.1, -0.05) is 13.8 Å². The molecule has 1 aliphatic heterocycles. The summed E-state index contributed by atoms with van der Waals surface area (Å²) in [6.45, 7) is 5.58. The van der Waals surface area contributed by atoms with Crippen molar-refractivity contribution in [3.05, 3.63) is 23.8 Å². The minimum atomic E-state index is -0.267. The predicted octanol–water partition coefficient (Wildman–Crippen LogP) is 2.38. The van der Waals surface area contributed by atoms with Gasteiger partial charge >= 0.3 is 0 Å². The summed E-state index contributed by atoms with van der Waals surface area (Å²) in [6, 6.07) is 4.75. The molecule has 0 spiro atoms. The van der Waals surface area contributed by atoms with Crippen LogP contribution in [0.15, 0.2) is 18.2 Å². The van der Waals surface area contributed by atoms with Crippen molar-refractivity contribution < 1.29 is 14.7 Å². The number of phenolic OH excluding ortho intramolecular Hbond substituents is 1. The third kappa shape index (κ3) is 2.23. The van der Waals surface area contributed by atoms with Gasteiger partial charge in [0.05, 0.1) is 5.69 Å². The normalized spacial score (nSPS) is 19.2. The Morgan fingerprint density at radius 2 is 1.72 bits per heavy atom. The predicted molar refractivity (Wildman–Crippen MR) is 68.4 cm³/mol. The van der Waals surface area contributed by atoms with Crippen LogP contribution in [0, 0.1) is 12.3 Å². The third-order valence-corrected chi connectivity index (χ3v) is 3.20. The van der Waals surface area contributed by atoms with Crippen LogP contribution in [-0.4, -0.2) is 16.9 Å². The SMILES string of the molecule is Cc1cc(N2C(=O)CC(C)(C)CC2=O)ccc1O. The molecule has 4 heteroatoms. The highest BCUT2D eigenvalue weighted by molar-refractivity contribution is 6.16. The topological polar surface area (TPSA) is 57.6 Å². The van der Waals surface area contributed by atoms with Crippen LogP contribution in [0.25, 0.3) is 0 Å². The van der Waals surface area contributed by atoms with Crippen molar-refractivity contribution in [3.8, 4) is 5.75 Å². The molecule has 1 aliphatic rings. The molecule has 0 saturated carbocycles. The quantitative estimate of drug-likeness (QED) is 0.775. The van der Waals surface area contributed by atoms with Gasteiger partial charge in [-0.3, -0.25) is 14.5 Å². The lowest BCUT2D eigenvalue weighted by molar-refractivity contribution is -0.132. The number of anilines is 1. The summed E-state index contributed by atoms with van der Waals surface area (Å²) in [4.78, 5) is 25.3. The smallest absolute Gasteiger partial charge is 0.234 e. The number of nitrogens with zero attached hydrogens (tertiary/aromatic N) is 1. The van der Waals surface area contributed by atoms with E-state index in [0.29, 0.717) is 24.1 Å². The van der Waals surface area contributed by atoms with Crippen molar-refractivity contribution in [3.63, 3.8) is 0 Å². The van der Waals surface area contributed by atoms with Gasteiger partial charge in [-0.05, 0) is 36.1 Å². The zero-order chi connectivity index (χ0) is 13.5. The number of benzene rings is 1. The van der Waals surface area contributed by atoms with E-state index in [1.165, 1.54) is 11.0 Å². The van der Waals surface area contributed by atoms with Crippen LogP contribution in [-0.2, 0) is 9.59 Å². The van der Waals surface area contributed by atoms with Gasteiger partial charge in [0.2, 0.25) is 11.8 Å². The highest BCUT2D eigenvalue weighted by Gasteiger charge is 2.38. The number of carbonyl (C=O) groups excluding carboxylic acids is 2. The largest absolute Gasteiger partial charge is 0.508 e. The van der Waals surface area contributed by atoms with Crippen molar-refractivity contribution >= 4 is 17.5 Å². The second-order valence-corrected chi connectivity index (χ2v) is 5.61. The van der Waals surface area contributed by atoms with E-state index in [2.05, 4.69) is 0 Å². The van der Waals surface area contributed by atoms with Gasteiger partial charge in [-0.25, -0.2) is 0 Å². The minimum absolute atomic E-state index is 0.163. The third-order valence-electron chi connectivity index (χ3n) is 3.20. The molecule has 2 amide bonds. The molecule has 96 valence electrons. The van der Waals surface area contributed by atoms with Crippen LogP contribution in [0.1, 0.15) is 32.3 Å². The highest BCUT2D eigenvalue weighted by atomic mass is 16.3. The molecule has 18 heavy (non-hydrogen) atoms. The van der Waals surface area contributed by atoms with Crippen molar-refractivity contribution in [2.45, 2.75) is 33.6 Å². The second-order valence-electron chi connectivity index (χ2n) is 5.61. The number of amides is 2. The fraction of sp³-hybridized carbons (Fsp3) is 0.429. The molecular weight excluding hydrogens is 230 g/mol. The van der Waals surface area contributed by atoms with Crippen molar-refractivity contribution in [2.24, 2.45) is 5.41 Å². The molecule has 0 atom stereocenters. The second kappa shape index (κ2) is 4.12. The van der Waals surface area contributed by atoms with Crippen LogP contribution in [0.3, 0.4) is 0 Å². The molecule has 1 fully saturated rings. The minimum Gasteiger partial charge on any atom is -0.508 e. The van der Waals surface area contributed by atoms with E-state index in [0.717, 1.165) is 0 Å². The summed E-state index contributed by atoms with van der Waals surface area (Å²) in [7, 11) is 0. The molecule has 0 unspecified atom stereocenters. The van der Waals surface area contributed by atoms with Gasteiger partial charge in [0.15, 0.2) is 0 Å². The van der Waals surface area contributed by atoms with E-state index in [9.17, 15) is 14.7 Å². The van der Waals surface area contributed by atoms with Crippen LogP contribution in [0.5, 0.6) is 5.75 Å². The lowest BCUT2D eigenvalue weighted by atomic mass is 9.81. The maximum absolute atomic E-state index is 12.1. The molecule has 4 nitrogen and oxygen atoms in total. The first kappa shape index (κ1) is 12.6. The Morgan fingerprint density at radius 1 is 1.17 bits per heavy atom. The fourth-order valence-corrected chi connectivity index (χ4v) is 2.25. The molecule has 0 bridgehead atoms. The Kier molecular flexibility index (Phi) is 2.89. The Balaban J connectivity index is 2.36. The number of phenols is 1. The highest BCUT2D eigenvalue weighted by Crippen LogP contribution is 2.34. The lowest BCUT2D eigenvalue weighted by Gasteiger charge is -2.34. The van der Waals surface area contributed by atoms with Gasteiger partial charge < -0.3 is 5.11 Å². The zero-order valence-electron chi connectivity index (χ0n) is 10.9. The Morgan fingerprint density at radius 3 is 2.22 bits per heavy atom. The first-order chi connectivity index (χ1) is 8.30. The molecule has 1 N–H and O–H groups in total. The van der Waals surface area contributed by atoms with Crippen LogP contribution in [0.4, 0.5) is 5.69 Å². The lowest BCUT2D eigenvalue weighted by Crippen LogP contribution is -2.46. The summed E-state index contributed by atoms with van der Waals surface area (Å²) in [6.07, 6.45) is 0.720. The average Bonchev–Trinajstić information content (AvgIpc) is 2.20. The molecule has 0 aromatic heterocycles. The average molecular weight is 247 g/mol. The number of aryl methyl sites for hydroxylation is 1. The first-order valence-electron chi connectivity index (χ1n) is 5.95. The molecular formula is C14H17NO3. The van der Waals surface area contributed by atoms with Crippen molar-refractivity contribution in [2.75, 3.05) is 4.90 Å². The van der Waals surface area contributed by atoms with Gasteiger partial charge in [0.1, 0.15) is 5.75 Å². The van der Waals surface area contributed by atoms with Crippen molar-refractivity contribution in [1.82, 2.24) is 0 Å². The van der Waals surface area contributed by atoms with Gasteiger partial charge in [-0.2, -0.15) is 0 Å². The summed E-state index contributed by atoms with van der Waals surface area (Å²) in [5.74, 6) is -0.196. The Hall–Kier alpha value is -1.84. The number of imide groups is 1. The van der Waals surface area contributed by atoms with E-state index in [-0.39, 0.29) is 23.0 Å². The van der Waals surface area contributed by atoms with E-state index in [4.69, 9.17) is 0 Å². The molecule has 0 radical (unpaired) electrons. The van der Waals surface area contributed by atoms with E-state index >= 15 is 0 Å². The number of piperidine rings is 1. The van der Waals surface area contributed by atoms with Gasteiger partial charge in [0.25, 0.3) is 0 Å². The number of rotatable bonds is 1. The fourth-order valence-electron chi connectivity index (χ4n) is 2.25. The molecule has 1 heterocycles. The summed E-state index contributed by atoms with van der Waals surface area (Å²) < 4.78 is 0. The van der Waals surface area contributed by atoms with Crippen molar-refractivity contribution in [1.29, 1.82) is 0 Å². The molecule has 1 aromatic rings. The maximum atomic E-state index is 12.1. The monoisotopic (exact) mass is 247 g/mol. The van der Waals surface area contributed by atoms with E-state index in [1.807, 2.05) is 13.8 Å². The Bertz CT molecular complexity index is 500. The first-order valence-corrected chi connectivity index (χ1v) is 5.95. The van der Waals surface area contributed by atoms with Crippen LogP contribution < -0.4 is 4.90 Å². The number of carbonyl (C=O) groups is 2. The molecule has 0 aliphatic carbocycles. The maximum Gasteiger partial charge on any atom is 0.234 e. The van der Waals surface area contributed by atoms with Gasteiger partial charge in [-0.15, -0.1) is 0 Å². The Labute approximate surface area is 106 Å². The zero-order valence-corrected chi connectivity index (χ0v) is 10.9. The summed E-state index contributed by atoms with van der Waals surface area (Å²) in [5.41, 5.74) is 0.921. The summed E-state index contributed by atoms with van der Waals surface area (Å²) in [5, 5.41) is 9.47. The number of aromatic hydroxyl groups is 1. The van der Waals surface area contributed by atoms with Crippen LogP contribution in [0.2, 0.25) is 0 Å². The number of hydrogen-bond acceptors (Lipinski definition) is 3. The van der Waals surface area contributed by atoms with E-state index < -0.39 is 0 Å². The summed E-state index contributed by atoms with van der Waals surface area (Å²) >= 11 is 0. The molecule has 1 saturated heterocycles. The van der Waals surface area contributed by atoms with E-state index in [1.54, 1.807) is 19.1 Å². The molecule has 2 rings (SSSR count). The number of hydrogen-bond donors (Lipinski definition) is 1. The molecule has 1 aromatic carbocycles.